The molecule has 0 heterocycles. The molecule has 0 bridgehead atoms. The second kappa shape index (κ2) is 34.2. The van der Waals surface area contributed by atoms with Gasteiger partial charge in [0.2, 0.25) is 0 Å². The minimum Gasteiger partial charge on any atom is -0.462 e. The third-order valence-electron chi connectivity index (χ3n) is 8.25. The number of hydrogen-bond acceptors (Lipinski definition) is 6. The summed E-state index contributed by atoms with van der Waals surface area (Å²) in [5.41, 5.74) is 0. The molecular weight excluding hydrogens is 576 g/mol. The Morgan fingerprint density at radius 2 is 1.33 bits per heavy atom. The molecule has 0 aliphatic rings. The zero-order valence-electron chi connectivity index (χ0n) is 29.8. The number of ether oxygens (including phenoxy) is 2. The molecule has 46 heavy (non-hydrogen) atoms. The monoisotopic (exact) mass is 647 g/mol. The van der Waals surface area contributed by atoms with Crippen LogP contribution in [-0.4, -0.2) is 47.6 Å². The molecule has 6 nitrogen and oxygen atoms in total. The van der Waals surface area contributed by atoms with Crippen molar-refractivity contribution in [2.24, 2.45) is 5.92 Å². The molecule has 266 valence electrons. The van der Waals surface area contributed by atoms with E-state index < -0.39 is 18.2 Å². The summed E-state index contributed by atoms with van der Waals surface area (Å²) in [5.74, 6) is 0.172. The van der Waals surface area contributed by atoms with Crippen molar-refractivity contribution in [3.63, 3.8) is 0 Å². The van der Waals surface area contributed by atoms with Crippen molar-refractivity contribution in [3.8, 4) is 0 Å². The van der Waals surface area contributed by atoms with Gasteiger partial charge < -0.3 is 19.7 Å². The Morgan fingerprint density at radius 3 is 2.00 bits per heavy atom. The molecule has 0 fully saturated rings. The third kappa shape index (κ3) is 31.8. The summed E-state index contributed by atoms with van der Waals surface area (Å²) >= 11 is 0. The van der Waals surface area contributed by atoms with E-state index in [0.29, 0.717) is 19.3 Å². The number of esters is 2. The summed E-state index contributed by atoms with van der Waals surface area (Å²) in [6.45, 7) is 6.34. The van der Waals surface area contributed by atoms with Gasteiger partial charge in [-0.25, -0.2) is 0 Å². The fourth-order valence-electron chi connectivity index (χ4n) is 4.96. The number of allylic oxidation sites excluding steroid dienone is 6. The van der Waals surface area contributed by atoms with E-state index in [4.69, 9.17) is 9.47 Å². The van der Waals surface area contributed by atoms with Gasteiger partial charge in [0.25, 0.3) is 0 Å². The highest BCUT2D eigenvalue weighted by Gasteiger charge is 2.16. The van der Waals surface area contributed by atoms with E-state index in [1.54, 1.807) is 6.08 Å². The van der Waals surface area contributed by atoms with Crippen molar-refractivity contribution in [2.75, 3.05) is 13.2 Å². The van der Waals surface area contributed by atoms with Gasteiger partial charge in [-0.15, -0.1) is 0 Å². The first-order valence-electron chi connectivity index (χ1n) is 18.7. The molecular formula is C40H70O6. The van der Waals surface area contributed by atoms with Crippen LogP contribution in [0.3, 0.4) is 0 Å². The lowest BCUT2D eigenvalue weighted by Crippen LogP contribution is -2.28. The SMILES string of the molecule is CCCCC/C=C\C[C@H](O)/C=C/C=C\C/C=C\CCCC(=O)O[C@@H](CO)COC(=O)CCCCCCCCCCCCC(C)CC. The minimum absolute atomic E-state index is 0.105. The smallest absolute Gasteiger partial charge is 0.306 e. The van der Waals surface area contributed by atoms with E-state index >= 15 is 0 Å². The zero-order valence-corrected chi connectivity index (χ0v) is 29.8. The molecule has 0 amide bonds. The van der Waals surface area contributed by atoms with E-state index in [0.717, 1.165) is 44.4 Å². The zero-order chi connectivity index (χ0) is 33.9. The Morgan fingerprint density at radius 1 is 0.696 bits per heavy atom. The first kappa shape index (κ1) is 43.8. The molecule has 0 spiro atoms. The number of hydrogen-bond donors (Lipinski definition) is 2. The van der Waals surface area contributed by atoms with Gasteiger partial charge >= 0.3 is 11.9 Å². The van der Waals surface area contributed by atoms with Gasteiger partial charge in [-0.05, 0) is 50.9 Å². The van der Waals surface area contributed by atoms with Gasteiger partial charge in [0.1, 0.15) is 6.61 Å². The number of aliphatic hydroxyl groups is 2. The van der Waals surface area contributed by atoms with E-state index in [2.05, 4.69) is 26.8 Å². The van der Waals surface area contributed by atoms with Crippen LogP contribution in [0.1, 0.15) is 162 Å². The van der Waals surface area contributed by atoms with Crippen molar-refractivity contribution in [3.05, 3.63) is 48.6 Å². The van der Waals surface area contributed by atoms with Crippen LogP contribution >= 0.6 is 0 Å². The summed E-state index contributed by atoms with van der Waals surface area (Å²) in [7, 11) is 0. The first-order chi connectivity index (χ1) is 22.4. The van der Waals surface area contributed by atoms with Gasteiger partial charge in [-0.1, -0.05) is 153 Å². The normalized spacial score (nSPS) is 14.1. The highest BCUT2D eigenvalue weighted by Crippen LogP contribution is 2.15. The first-order valence-corrected chi connectivity index (χ1v) is 18.7. The standard InChI is InChI=1S/C40H70O6/c1-4-6-7-8-20-25-30-37(42)31-26-21-16-13-14-18-23-28-33-40(44)46-38(34-41)35-45-39(43)32-27-22-17-12-10-9-11-15-19-24-29-36(3)5-2/h14,16,18,20-21,25-26,31,36-38,41-42H,4-13,15,17,19,22-24,27-30,32-35H2,1-3H3/b18-14-,21-16-,25-20-,31-26+/t36?,37-,38-/m0/s1. The number of carbonyl (C=O) groups excluding carboxylic acids is 2. The fraction of sp³-hybridized carbons (Fsp3) is 0.750. The maximum atomic E-state index is 12.1. The Bertz CT molecular complexity index is 815. The highest BCUT2D eigenvalue weighted by atomic mass is 16.6. The Labute approximate surface area is 282 Å². The highest BCUT2D eigenvalue weighted by molar-refractivity contribution is 5.70. The maximum absolute atomic E-state index is 12.1. The molecule has 3 atom stereocenters. The second-order valence-corrected chi connectivity index (χ2v) is 12.7. The maximum Gasteiger partial charge on any atom is 0.306 e. The van der Waals surface area contributed by atoms with E-state index in [1.807, 2.05) is 36.5 Å². The molecule has 0 saturated heterocycles. The van der Waals surface area contributed by atoms with Crippen LogP contribution in [0, 0.1) is 5.92 Å². The topological polar surface area (TPSA) is 93.1 Å². The van der Waals surface area contributed by atoms with Crippen LogP contribution in [-0.2, 0) is 19.1 Å². The van der Waals surface area contributed by atoms with Crippen LogP contribution in [0.4, 0.5) is 0 Å². The van der Waals surface area contributed by atoms with Gasteiger partial charge in [0.15, 0.2) is 6.10 Å². The molecule has 6 heteroatoms. The Hall–Kier alpha value is -2.18. The minimum atomic E-state index is -0.819. The lowest BCUT2D eigenvalue weighted by atomic mass is 9.99. The lowest BCUT2D eigenvalue weighted by molar-refractivity contribution is -0.161. The fourth-order valence-corrected chi connectivity index (χ4v) is 4.96. The molecule has 0 radical (unpaired) electrons. The van der Waals surface area contributed by atoms with Crippen molar-refractivity contribution in [1.82, 2.24) is 0 Å². The summed E-state index contributed by atoms with van der Waals surface area (Å²) in [5, 5.41) is 19.5. The third-order valence-corrected chi connectivity index (χ3v) is 8.25. The molecule has 0 aromatic heterocycles. The molecule has 0 aliphatic carbocycles. The average molecular weight is 647 g/mol. The van der Waals surface area contributed by atoms with Crippen molar-refractivity contribution >= 4 is 11.9 Å². The average Bonchev–Trinajstić information content (AvgIpc) is 3.05. The van der Waals surface area contributed by atoms with Crippen LogP contribution < -0.4 is 0 Å². The quantitative estimate of drug-likeness (QED) is 0.0327. The number of rotatable bonds is 32. The Kier molecular flexibility index (Phi) is 32.5. The summed E-state index contributed by atoms with van der Waals surface area (Å²) < 4.78 is 10.5. The van der Waals surface area contributed by atoms with Crippen molar-refractivity contribution in [2.45, 2.75) is 174 Å². The molecule has 0 saturated carbocycles. The van der Waals surface area contributed by atoms with E-state index in [-0.39, 0.29) is 25.6 Å². The van der Waals surface area contributed by atoms with Gasteiger partial charge in [0.05, 0.1) is 12.7 Å². The second-order valence-electron chi connectivity index (χ2n) is 12.7. The molecule has 2 N–H and O–H groups in total. The van der Waals surface area contributed by atoms with Crippen LogP contribution in [0.5, 0.6) is 0 Å². The molecule has 1 unspecified atom stereocenters. The van der Waals surface area contributed by atoms with Crippen LogP contribution in [0.15, 0.2) is 48.6 Å². The van der Waals surface area contributed by atoms with E-state index in [9.17, 15) is 19.8 Å². The van der Waals surface area contributed by atoms with Crippen LogP contribution in [0.25, 0.3) is 0 Å². The number of unbranched alkanes of at least 4 members (excludes halogenated alkanes) is 13. The predicted octanol–water partition coefficient (Wildman–Crippen LogP) is 10.3. The molecule has 0 aliphatic heterocycles. The molecule has 0 aromatic carbocycles. The predicted molar refractivity (Wildman–Crippen MR) is 193 cm³/mol. The summed E-state index contributed by atoms with van der Waals surface area (Å²) in [6, 6.07) is 0. The van der Waals surface area contributed by atoms with E-state index in [1.165, 1.54) is 77.0 Å². The number of aliphatic hydroxyl groups excluding tert-OH is 2. The lowest BCUT2D eigenvalue weighted by Gasteiger charge is -2.15. The van der Waals surface area contributed by atoms with Crippen LogP contribution in [0.2, 0.25) is 0 Å². The Balaban J connectivity index is 3.76. The largest absolute Gasteiger partial charge is 0.462 e. The van der Waals surface area contributed by atoms with Gasteiger partial charge in [-0.2, -0.15) is 0 Å². The summed E-state index contributed by atoms with van der Waals surface area (Å²) in [6.07, 6.45) is 37.6. The number of carbonyl (C=O) groups is 2. The van der Waals surface area contributed by atoms with Gasteiger partial charge in [0, 0.05) is 12.8 Å². The molecule has 0 aromatic rings. The van der Waals surface area contributed by atoms with Crippen molar-refractivity contribution < 1.29 is 29.3 Å². The van der Waals surface area contributed by atoms with Gasteiger partial charge in [-0.3, -0.25) is 9.59 Å². The van der Waals surface area contributed by atoms with Crippen molar-refractivity contribution in [1.29, 1.82) is 0 Å². The molecule has 0 rings (SSSR count). The summed E-state index contributed by atoms with van der Waals surface area (Å²) in [4.78, 5) is 24.2.